The highest BCUT2D eigenvalue weighted by Gasteiger charge is 2.50. The van der Waals surface area contributed by atoms with Crippen LogP contribution < -0.4 is 0 Å². The number of alkyl halides is 1. The first kappa shape index (κ1) is 32.8. The summed E-state index contributed by atoms with van der Waals surface area (Å²) in [7, 11) is 1.52. The summed E-state index contributed by atoms with van der Waals surface area (Å²) in [6.45, 7) is 17.1. The van der Waals surface area contributed by atoms with E-state index in [1.54, 1.807) is 27.7 Å². The number of epoxide rings is 1. The Morgan fingerprint density at radius 1 is 0.889 bits per heavy atom. The van der Waals surface area contributed by atoms with E-state index < -0.39 is 33.1 Å². The maximum absolute atomic E-state index is 13.5. The van der Waals surface area contributed by atoms with Crippen molar-refractivity contribution in [1.29, 1.82) is 0 Å². The molecule has 0 saturated carbocycles. The van der Waals surface area contributed by atoms with Crippen LogP contribution in [0, 0.1) is 10.8 Å². The lowest BCUT2D eigenvalue weighted by molar-refractivity contribution is -0.165. The zero-order valence-electron chi connectivity index (χ0n) is 23.5. The normalized spacial score (nSPS) is 19.1. The Morgan fingerprint density at radius 3 is 1.94 bits per heavy atom. The molecule has 0 aromatic carbocycles. The number of rotatable bonds is 17. The standard InChI is InChI=1S/C26H46BrNO8/c1-18(2)28(19(3)4)10-11-33-22(30)25(7,16-24(5,6)21(29)34-13-12-32-9)17-26(8,27)23(31)36-15-20-14-35-20/h18-20H,10-17H2,1-9H3. The summed E-state index contributed by atoms with van der Waals surface area (Å²) >= 11 is 3.48. The Hall–Kier alpha value is -1.23. The van der Waals surface area contributed by atoms with Gasteiger partial charge in [-0.25, -0.2) is 0 Å². The second-order valence-corrected chi connectivity index (χ2v) is 13.0. The van der Waals surface area contributed by atoms with Crippen molar-refractivity contribution in [1.82, 2.24) is 4.90 Å². The summed E-state index contributed by atoms with van der Waals surface area (Å²) in [5.74, 6) is -1.42. The molecule has 0 N–H and O–H groups in total. The van der Waals surface area contributed by atoms with Crippen LogP contribution in [0.15, 0.2) is 0 Å². The first-order valence-corrected chi connectivity index (χ1v) is 13.4. The molecule has 0 radical (unpaired) electrons. The highest BCUT2D eigenvalue weighted by Crippen LogP contribution is 2.44. The van der Waals surface area contributed by atoms with Gasteiger partial charge in [-0.2, -0.15) is 0 Å². The maximum Gasteiger partial charge on any atom is 0.322 e. The van der Waals surface area contributed by atoms with Gasteiger partial charge < -0.3 is 23.7 Å². The number of carbonyl (C=O) groups excluding carboxylic acids is 3. The van der Waals surface area contributed by atoms with Gasteiger partial charge in [-0.05, 0) is 68.2 Å². The molecule has 36 heavy (non-hydrogen) atoms. The fourth-order valence-corrected chi connectivity index (χ4v) is 5.22. The zero-order valence-corrected chi connectivity index (χ0v) is 25.1. The van der Waals surface area contributed by atoms with Gasteiger partial charge in [0.2, 0.25) is 0 Å². The highest BCUT2D eigenvalue weighted by atomic mass is 79.9. The van der Waals surface area contributed by atoms with Gasteiger partial charge in [0.05, 0.1) is 24.0 Å². The lowest BCUT2D eigenvalue weighted by Gasteiger charge is -2.38. The molecule has 10 heteroatoms. The Bertz CT molecular complexity index is 727. The van der Waals surface area contributed by atoms with Crippen LogP contribution in [-0.4, -0.2) is 92.0 Å². The van der Waals surface area contributed by atoms with Gasteiger partial charge in [-0.15, -0.1) is 0 Å². The summed E-state index contributed by atoms with van der Waals surface area (Å²) in [5, 5.41) is 0. The molecule has 9 nitrogen and oxygen atoms in total. The van der Waals surface area contributed by atoms with E-state index in [-0.39, 0.29) is 45.4 Å². The number of nitrogens with zero attached hydrogens (tertiary/aromatic N) is 1. The molecule has 0 bridgehead atoms. The molecule has 1 saturated heterocycles. The average Bonchev–Trinajstić information content (AvgIpc) is 3.57. The minimum atomic E-state index is -1.18. The van der Waals surface area contributed by atoms with Crippen LogP contribution in [0.5, 0.6) is 0 Å². The fourth-order valence-electron chi connectivity index (χ4n) is 4.49. The first-order valence-electron chi connectivity index (χ1n) is 12.6. The number of carbonyl (C=O) groups is 3. The molecule has 0 amide bonds. The van der Waals surface area contributed by atoms with Crippen molar-refractivity contribution in [2.75, 3.05) is 46.7 Å². The molecule has 3 atom stereocenters. The molecule has 3 unspecified atom stereocenters. The molecule has 1 heterocycles. The molecule has 1 aliphatic heterocycles. The summed E-state index contributed by atoms with van der Waals surface area (Å²) in [6, 6.07) is 0.596. The molecule has 1 aliphatic rings. The largest absolute Gasteiger partial charge is 0.464 e. The van der Waals surface area contributed by atoms with Gasteiger partial charge in [0.1, 0.15) is 30.2 Å². The van der Waals surface area contributed by atoms with E-state index in [1.807, 2.05) is 0 Å². The average molecular weight is 581 g/mol. The van der Waals surface area contributed by atoms with Crippen LogP contribution in [0.3, 0.4) is 0 Å². The predicted molar refractivity (Wildman–Crippen MR) is 140 cm³/mol. The van der Waals surface area contributed by atoms with Crippen molar-refractivity contribution in [3.05, 3.63) is 0 Å². The van der Waals surface area contributed by atoms with Crippen molar-refractivity contribution in [3.8, 4) is 0 Å². The van der Waals surface area contributed by atoms with E-state index in [4.69, 9.17) is 23.7 Å². The topological polar surface area (TPSA) is 104 Å². The molecular weight excluding hydrogens is 534 g/mol. The number of methoxy groups -OCH3 is 1. The number of hydrogen-bond donors (Lipinski definition) is 0. The van der Waals surface area contributed by atoms with Crippen molar-refractivity contribution in [2.45, 2.75) is 90.7 Å². The van der Waals surface area contributed by atoms with Crippen molar-refractivity contribution >= 4 is 33.8 Å². The van der Waals surface area contributed by atoms with Crippen LogP contribution in [0.1, 0.15) is 68.2 Å². The van der Waals surface area contributed by atoms with Crippen molar-refractivity contribution in [2.24, 2.45) is 10.8 Å². The van der Waals surface area contributed by atoms with E-state index in [9.17, 15) is 14.4 Å². The summed E-state index contributed by atoms with van der Waals surface area (Å²) in [6.07, 6.45) is 0.109. The third-order valence-electron chi connectivity index (χ3n) is 6.26. The quantitative estimate of drug-likeness (QED) is 0.0837. The van der Waals surface area contributed by atoms with E-state index >= 15 is 0 Å². The minimum absolute atomic E-state index is 0.0655. The molecule has 0 aromatic rings. The molecule has 1 fully saturated rings. The Morgan fingerprint density at radius 2 is 1.44 bits per heavy atom. The summed E-state index contributed by atoms with van der Waals surface area (Å²) < 4.78 is 25.4. The second kappa shape index (κ2) is 14.1. The third-order valence-corrected chi connectivity index (χ3v) is 6.86. The highest BCUT2D eigenvalue weighted by molar-refractivity contribution is 9.10. The molecule has 0 aromatic heterocycles. The number of hydrogen-bond acceptors (Lipinski definition) is 9. The van der Waals surface area contributed by atoms with Gasteiger partial charge in [0.15, 0.2) is 0 Å². The SMILES string of the molecule is COCCOC(=O)C(C)(C)CC(C)(CC(C)(Br)C(=O)OCC1CO1)C(=O)OCCN(C(C)C)C(C)C. The number of halogens is 1. The van der Waals surface area contributed by atoms with Crippen LogP contribution in [0.4, 0.5) is 0 Å². The third kappa shape index (κ3) is 10.6. The number of ether oxygens (including phenoxy) is 5. The second-order valence-electron chi connectivity index (χ2n) is 11.2. The zero-order chi connectivity index (χ0) is 27.7. The van der Waals surface area contributed by atoms with E-state index in [0.29, 0.717) is 25.2 Å². The summed E-state index contributed by atoms with van der Waals surface area (Å²) in [4.78, 5) is 41.4. The number of esters is 3. The molecule has 1 rings (SSSR count). The van der Waals surface area contributed by atoms with Gasteiger partial charge in [-0.3, -0.25) is 19.3 Å². The van der Waals surface area contributed by atoms with Crippen LogP contribution >= 0.6 is 15.9 Å². The lowest BCUT2D eigenvalue weighted by atomic mass is 9.69. The fraction of sp³-hybridized carbons (Fsp3) is 0.885. The maximum atomic E-state index is 13.5. The van der Waals surface area contributed by atoms with E-state index in [0.717, 1.165) is 0 Å². The van der Waals surface area contributed by atoms with E-state index in [2.05, 4.69) is 48.5 Å². The lowest BCUT2D eigenvalue weighted by Crippen LogP contribution is -2.46. The predicted octanol–water partition coefficient (Wildman–Crippen LogP) is 3.75. The van der Waals surface area contributed by atoms with Gasteiger partial charge in [0, 0.05) is 25.7 Å². The molecule has 0 aliphatic carbocycles. The summed E-state index contributed by atoms with van der Waals surface area (Å²) in [5.41, 5.74) is -2.20. The Labute approximate surface area is 225 Å². The van der Waals surface area contributed by atoms with E-state index in [1.165, 1.54) is 7.11 Å². The van der Waals surface area contributed by atoms with Crippen LogP contribution in [0.25, 0.3) is 0 Å². The van der Waals surface area contributed by atoms with Crippen LogP contribution in [0.2, 0.25) is 0 Å². The van der Waals surface area contributed by atoms with Crippen LogP contribution in [-0.2, 0) is 38.1 Å². The van der Waals surface area contributed by atoms with Crippen molar-refractivity contribution in [3.63, 3.8) is 0 Å². The Balaban J connectivity index is 3.04. The molecule has 0 spiro atoms. The van der Waals surface area contributed by atoms with Crippen molar-refractivity contribution < 1.29 is 38.1 Å². The smallest absolute Gasteiger partial charge is 0.322 e. The monoisotopic (exact) mass is 579 g/mol. The first-order chi connectivity index (χ1) is 16.6. The Kier molecular flexibility index (Phi) is 12.8. The van der Waals surface area contributed by atoms with Gasteiger partial charge in [-0.1, -0.05) is 15.9 Å². The molecular formula is C26H46BrNO8. The minimum Gasteiger partial charge on any atom is -0.464 e. The molecule has 210 valence electrons. The van der Waals surface area contributed by atoms with Gasteiger partial charge >= 0.3 is 17.9 Å². The van der Waals surface area contributed by atoms with Gasteiger partial charge in [0.25, 0.3) is 0 Å².